The van der Waals surface area contributed by atoms with E-state index >= 15 is 0 Å². The standard InChI is InChI=1S/C20H24N4O3/c1-3-27-20(26)16-6-4-5-7-17(16)22-19(25)18-14-15(8-9-21-18)24-12-10-23(2)11-13-24/h4-9,14H,3,10-13H2,1-2H3,(H,22,25). The van der Waals surface area contributed by atoms with Gasteiger partial charge in [0.25, 0.3) is 5.91 Å². The molecule has 1 aliphatic rings. The Morgan fingerprint density at radius 3 is 2.63 bits per heavy atom. The second kappa shape index (κ2) is 8.64. The Hall–Kier alpha value is -2.93. The van der Waals surface area contributed by atoms with E-state index in [-0.39, 0.29) is 12.5 Å². The first-order valence-corrected chi connectivity index (χ1v) is 9.05. The number of carbonyl (C=O) groups is 2. The number of aromatic nitrogens is 1. The fourth-order valence-electron chi connectivity index (χ4n) is 2.97. The Balaban J connectivity index is 1.76. The van der Waals surface area contributed by atoms with Gasteiger partial charge >= 0.3 is 5.97 Å². The van der Waals surface area contributed by atoms with Crippen molar-refractivity contribution in [3.8, 4) is 0 Å². The maximum absolute atomic E-state index is 12.7. The largest absolute Gasteiger partial charge is 0.462 e. The normalized spacial score (nSPS) is 14.7. The maximum atomic E-state index is 12.7. The Morgan fingerprint density at radius 1 is 1.15 bits per heavy atom. The van der Waals surface area contributed by atoms with Gasteiger partial charge in [-0.2, -0.15) is 0 Å². The summed E-state index contributed by atoms with van der Waals surface area (Å²) in [6, 6.07) is 10.5. The molecular weight excluding hydrogens is 344 g/mol. The van der Waals surface area contributed by atoms with E-state index in [0.717, 1.165) is 31.9 Å². The van der Waals surface area contributed by atoms with Gasteiger partial charge in [0.05, 0.1) is 17.9 Å². The molecule has 0 spiro atoms. The van der Waals surface area contributed by atoms with E-state index in [9.17, 15) is 9.59 Å². The number of pyridine rings is 1. The molecule has 0 atom stereocenters. The zero-order valence-corrected chi connectivity index (χ0v) is 15.6. The number of anilines is 2. The van der Waals surface area contributed by atoms with Gasteiger partial charge in [-0.15, -0.1) is 0 Å². The monoisotopic (exact) mass is 368 g/mol. The van der Waals surface area contributed by atoms with Gasteiger partial charge in [0.15, 0.2) is 0 Å². The Bertz CT molecular complexity index is 816. The predicted molar refractivity (Wildman–Crippen MR) is 104 cm³/mol. The van der Waals surface area contributed by atoms with E-state index in [1.165, 1.54) is 0 Å². The van der Waals surface area contributed by atoms with Crippen molar-refractivity contribution in [2.45, 2.75) is 6.92 Å². The SMILES string of the molecule is CCOC(=O)c1ccccc1NC(=O)c1cc(N2CCN(C)CC2)ccn1. The molecule has 7 heteroatoms. The third-order valence-corrected chi connectivity index (χ3v) is 4.52. The molecular formula is C20H24N4O3. The lowest BCUT2D eigenvalue weighted by Gasteiger charge is -2.34. The summed E-state index contributed by atoms with van der Waals surface area (Å²) in [7, 11) is 2.10. The number of esters is 1. The van der Waals surface area contributed by atoms with Crippen LogP contribution >= 0.6 is 0 Å². The number of hydrogen-bond donors (Lipinski definition) is 1. The molecule has 2 heterocycles. The second-order valence-electron chi connectivity index (χ2n) is 6.41. The van der Waals surface area contributed by atoms with Crippen LogP contribution in [0.15, 0.2) is 42.6 Å². The van der Waals surface area contributed by atoms with Crippen LogP contribution in [0.1, 0.15) is 27.8 Å². The molecule has 142 valence electrons. The molecule has 0 bridgehead atoms. The van der Waals surface area contributed by atoms with Crippen molar-refractivity contribution in [2.75, 3.05) is 50.1 Å². The number of carbonyl (C=O) groups excluding carboxylic acids is 2. The Kier molecular flexibility index (Phi) is 6.03. The number of nitrogens with zero attached hydrogens (tertiary/aromatic N) is 3. The van der Waals surface area contributed by atoms with Crippen molar-refractivity contribution in [2.24, 2.45) is 0 Å². The minimum atomic E-state index is -0.465. The molecule has 0 unspecified atom stereocenters. The van der Waals surface area contributed by atoms with E-state index in [1.807, 2.05) is 6.07 Å². The molecule has 7 nitrogen and oxygen atoms in total. The van der Waals surface area contributed by atoms with Gasteiger partial charge in [-0.05, 0) is 38.2 Å². The van der Waals surface area contributed by atoms with Gasteiger partial charge in [0.1, 0.15) is 5.69 Å². The molecule has 1 saturated heterocycles. The Morgan fingerprint density at radius 2 is 1.89 bits per heavy atom. The summed E-state index contributed by atoms with van der Waals surface area (Å²) in [6.07, 6.45) is 1.64. The van der Waals surface area contributed by atoms with E-state index in [2.05, 4.69) is 27.1 Å². The van der Waals surface area contributed by atoms with Gasteiger partial charge in [0.2, 0.25) is 0 Å². The summed E-state index contributed by atoms with van der Waals surface area (Å²) in [5.74, 6) is -0.824. The third-order valence-electron chi connectivity index (χ3n) is 4.52. The molecule has 1 aliphatic heterocycles. The first-order chi connectivity index (χ1) is 13.1. The smallest absolute Gasteiger partial charge is 0.340 e. The van der Waals surface area contributed by atoms with Crippen molar-refractivity contribution < 1.29 is 14.3 Å². The number of ether oxygens (including phenoxy) is 1. The first kappa shape index (κ1) is 18.8. The first-order valence-electron chi connectivity index (χ1n) is 9.05. The number of benzene rings is 1. The van der Waals surface area contributed by atoms with Gasteiger partial charge < -0.3 is 19.9 Å². The molecule has 1 aromatic carbocycles. The van der Waals surface area contributed by atoms with Crippen LogP contribution in [-0.4, -0.2) is 61.6 Å². The minimum Gasteiger partial charge on any atom is -0.462 e. The molecule has 1 amide bonds. The van der Waals surface area contributed by atoms with E-state index in [1.54, 1.807) is 43.5 Å². The number of para-hydroxylation sites is 1. The summed E-state index contributed by atoms with van der Waals surface area (Å²) in [4.78, 5) is 33.5. The highest BCUT2D eigenvalue weighted by Gasteiger charge is 2.18. The van der Waals surface area contributed by atoms with E-state index < -0.39 is 5.97 Å². The summed E-state index contributed by atoms with van der Waals surface area (Å²) < 4.78 is 5.05. The molecule has 3 rings (SSSR count). The lowest BCUT2D eigenvalue weighted by molar-refractivity contribution is 0.0527. The summed E-state index contributed by atoms with van der Waals surface area (Å²) in [5.41, 5.74) is 2.02. The second-order valence-corrected chi connectivity index (χ2v) is 6.41. The molecule has 0 saturated carbocycles. The van der Waals surface area contributed by atoms with Crippen LogP contribution in [0.2, 0.25) is 0 Å². The predicted octanol–water partition coefficient (Wildman–Crippen LogP) is 2.26. The van der Waals surface area contributed by atoms with Crippen molar-refractivity contribution in [1.82, 2.24) is 9.88 Å². The summed E-state index contributed by atoms with van der Waals surface area (Å²) >= 11 is 0. The highest BCUT2D eigenvalue weighted by Crippen LogP contribution is 2.20. The lowest BCUT2D eigenvalue weighted by atomic mass is 10.1. The summed E-state index contributed by atoms with van der Waals surface area (Å²) in [6.45, 7) is 5.80. The average Bonchev–Trinajstić information content (AvgIpc) is 2.69. The Labute approximate surface area is 158 Å². The lowest BCUT2D eigenvalue weighted by Crippen LogP contribution is -2.44. The van der Waals surface area contributed by atoms with Crippen LogP contribution in [0.25, 0.3) is 0 Å². The number of nitrogens with one attached hydrogen (secondary N) is 1. The molecule has 0 radical (unpaired) electrons. The van der Waals surface area contributed by atoms with Gasteiger partial charge in [-0.1, -0.05) is 12.1 Å². The van der Waals surface area contributed by atoms with E-state index in [4.69, 9.17) is 4.74 Å². The number of amides is 1. The number of likely N-dealkylation sites (N-methyl/N-ethyl adjacent to an activating group) is 1. The molecule has 1 aromatic heterocycles. The van der Waals surface area contributed by atoms with Crippen molar-refractivity contribution in [3.05, 3.63) is 53.9 Å². The maximum Gasteiger partial charge on any atom is 0.340 e. The fraction of sp³-hybridized carbons (Fsp3) is 0.350. The van der Waals surface area contributed by atoms with Crippen LogP contribution in [0.5, 0.6) is 0 Å². The highest BCUT2D eigenvalue weighted by molar-refractivity contribution is 6.07. The van der Waals surface area contributed by atoms with Crippen LogP contribution in [0, 0.1) is 0 Å². The van der Waals surface area contributed by atoms with Crippen LogP contribution in [-0.2, 0) is 4.74 Å². The molecule has 2 aromatic rings. The zero-order valence-electron chi connectivity index (χ0n) is 15.6. The quantitative estimate of drug-likeness (QED) is 0.816. The van der Waals surface area contributed by atoms with E-state index in [0.29, 0.717) is 16.9 Å². The topological polar surface area (TPSA) is 74.8 Å². The van der Waals surface area contributed by atoms with Crippen LogP contribution in [0.4, 0.5) is 11.4 Å². The minimum absolute atomic E-state index is 0.274. The highest BCUT2D eigenvalue weighted by atomic mass is 16.5. The molecule has 1 N–H and O–H groups in total. The average molecular weight is 368 g/mol. The van der Waals surface area contributed by atoms with Gasteiger partial charge in [-0.25, -0.2) is 4.79 Å². The molecule has 1 fully saturated rings. The number of rotatable bonds is 5. The molecule has 27 heavy (non-hydrogen) atoms. The third kappa shape index (κ3) is 4.62. The van der Waals surface area contributed by atoms with Gasteiger partial charge in [0, 0.05) is 38.1 Å². The zero-order chi connectivity index (χ0) is 19.2. The number of hydrogen-bond acceptors (Lipinski definition) is 6. The molecule has 0 aliphatic carbocycles. The fourth-order valence-corrected chi connectivity index (χ4v) is 2.97. The van der Waals surface area contributed by atoms with Crippen LogP contribution in [0.3, 0.4) is 0 Å². The van der Waals surface area contributed by atoms with Crippen molar-refractivity contribution >= 4 is 23.3 Å². The van der Waals surface area contributed by atoms with Crippen molar-refractivity contribution in [3.63, 3.8) is 0 Å². The summed E-state index contributed by atoms with van der Waals surface area (Å²) in [5, 5.41) is 2.77. The number of piperazine rings is 1. The van der Waals surface area contributed by atoms with Crippen molar-refractivity contribution in [1.29, 1.82) is 0 Å². The van der Waals surface area contributed by atoms with Crippen LogP contribution < -0.4 is 10.2 Å². The van der Waals surface area contributed by atoms with Gasteiger partial charge in [-0.3, -0.25) is 9.78 Å².